The highest BCUT2D eigenvalue weighted by Crippen LogP contribution is 2.28. The molecule has 0 saturated carbocycles. The third kappa shape index (κ3) is 0.765. The summed E-state index contributed by atoms with van der Waals surface area (Å²) in [6.07, 6.45) is 1.33. The zero-order valence-corrected chi connectivity index (χ0v) is 7.15. The lowest BCUT2D eigenvalue weighted by atomic mass is 10.2. The Hall–Kier alpha value is -1.66. The van der Waals surface area contributed by atoms with Crippen LogP contribution in [0.1, 0.15) is 23.8 Å². The van der Waals surface area contributed by atoms with Crippen LogP contribution in [0.15, 0.2) is 24.5 Å². The summed E-state index contributed by atoms with van der Waals surface area (Å²) in [6.45, 7) is 0. The summed E-state index contributed by atoms with van der Waals surface area (Å²) in [5.41, 5.74) is 1.07. The molecule has 0 aromatic carbocycles. The van der Waals surface area contributed by atoms with E-state index in [-0.39, 0.29) is 0 Å². The first kappa shape index (κ1) is 7.72. The minimum absolute atomic E-state index is 0.536. The lowest BCUT2D eigenvalue weighted by Gasteiger charge is -2.25. The lowest BCUT2D eigenvalue weighted by molar-refractivity contribution is 0.0426. The van der Waals surface area contributed by atoms with Gasteiger partial charge in [-0.1, -0.05) is 0 Å². The molecular weight excluding hydrogens is 184 g/mol. The molecule has 0 saturated heterocycles. The van der Waals surface area contributed by atoms with E-state index in [9.17, 15) is 10.2 Å². The molecule has 2 aromatic rings. The molecule has 72 valence electrons. The van der Waals surface area contributed by atoms with Gasteiger partial charge in [0.1, 0.15) is 0 Å². The van der Waals surface area contributed by atoms with Gasteiger partial charge in [-0.3, -0.25) is 0 Å². The molecule has 2 N–H and O–H groups in total. The molecule has 0 bridgehead atoms. The van der Waals surface area contributed by atoms with Gasteiger partial charge in [-0.05, 0) is 12.1 Å². The van der Waals surface area contributed by atoms with Crippen molar-refractivity contribution in [3.63, 3.8) is 0 Å². The third-order valence-corrected chi connectivity index (χ3v) is 2.39. The fourth-order valence-corrected chi connectivity index (χ4v) is 1.72. The van der Waals surface area contributed by atoms with Crippen LogP contribution in [0, 0.1) is 0 Å². The molecule has 0 amide bonds. The molecule has 3 rings (SSSR count). The van der Waals surface area contributed by atoms with Crippen molar-refractivity contribution in [2.75, 3.05) is 0 Å². The third-order valence-electron chi connectivity index (χ3n) is 2.39. The van der Waals surface area contributed by atoms with Gasteiger partial charge < -0.3 is 10.2 Å². The average molecular weight is 192 g/mol. The van der Waals surface area contributed by atoms with E-state index in [4.69, 9.17) is 0 Å². The number of aliphatic hydroxyl groups excluding tert-OH is 2. The van der Waals surface area contributed by atoms with Crippen LogP contribution >= 0.6 is 0 Å². The summed E-state index contributed by atoms with van der Waals surface area (Å²) in [7, 11) is 0. The summed E-state index contributed by atoms with van der Waals surface area (Å²) in [6, 6.07) is 3.30. The van der Waals surface area contributed by atoms with Crippen molar-refractivity contribution in [2.24, 2.45) is 0 Å². The topological polar surface area (TPSA) is 76.1 Å². The van der Waals surface area contributed by atoms with E-state index in [1.807, 2.05) is 0 Å². The molecule has 6 heteroatoms. The summed E-state index contributed by atoms with van der Waals surface area (Å²) in [5, 5.41) is 27.5. The van der Waals surface area contributed by atoms with Crippen molar-refractivity contribution >= 4 is 0 Å². The first-order chi connectivity index (χ1) is 6.79. The fraction of sp³-hybridized carbons (Fsp3) is 0.250. The Balaban J connectivity index is 2.26. The van der Waals surface area contributed by atoms with Crippen LogP contribution in [-0.2, 0) is 0 Å². The maximum Gasteiger partial charge on any atom is 0.190 e. The highest BCUT2D eigenvalue weighted by atomic mass is 16.3. The predicted molar refractivity (Wildman–Crippen MR) is 45.2 cm³/mol. The monoisotopic (exact) mass is 192 g/mol. The number of hydrogen-bond acceptors (Lipinski definition) is 4. The fourth-order valence-electron chi connectivity index (χ4n) is 1.72. The van der Waals surface area contributed by atoms with Gasteiger partial charge >= 0.3 is 0 Å². The normalized spacial score (nSPS) is 24.4. The molecule has 2 atom stereocenters. The van der Waals surface area contributed by atoms with Crippen LogP contribution in [0.2, 0.25) is 0 Å². The van der Waals surface area contributed by atoms with Crippen LogP contribution < -0.4 is 0 Å². The van der Waals surface area contributed by atoms with Crippen molar-refractivity contribution in [1.29, 1.82) is 0 Å². The number of nitrogens with zero attached hydrogens (tertiary/aromatic N) is 4. The number of aromatic nitrogens is 4. The van der Waals surface area contributed by atoms with E-state index in [0.717, 1.165) is 0 Å². The number of hydrogen-bond donors (Lipinski definition) is 2. The lowest BCUT2D eigenvalue weighted by Crippen LogP contribution is -2.29. The van der Waals surface area contributed by atoms with Crippen molar-refractivity contribution < 1.29 is 10.2 Å². The maximum absolute atomic E-state index is 9.84. The molecule has 0 radical (unpaired) electrons. The van der Waals surface area contributed by atoms with Gasteiger partial charge in [0, 0.05) is 12.4 Å². The van der Waals surface area contributed by atoms with Crippen LogP contribution in [-0.4, -0.2) is 29.8 Å². The largest absolute Gasteiger partial charge is 0.367 e. The Bertz CT molecular complexity index is 394. The van der Waals surface area contributed by atoms with Crippen LogP contribution in [0.3, 0.4) is 0 Å². The SMILES string of the molecule is O[C@H]1c2ccnn2[C@@H](O)c2ccnn21. The molecule has 2 aromatic heterocycles. The maximum atomic E-state index is 9.84. The first-order valence-electron chi connectivity index (χ1n) is 4.22. The van der Waals surface area contributed by atoms with Gasteiger partial charge in [-0.25, -0.2) is 9.36 Å². The molecule has 1 aliphatic rings. The van der Waals surface area contributed by atoms with E-state index in [1.54, 1.807) is 12.1 Å². The van der Waals surface area contributed by atoms with Crippen molar-refractivity contribution in [3.05, 3.63) is 35.9 Å². The zero-order valence-electron chi connectivity index (χ0n) is 7.15. The number of rotatable bonds is 0. The molecular formula is C8H8N4O2. The van der Waals surface area contributed by atoms with E-state index in [2.05, 4.69) is 10.2 Å². The molecule has 0 fully saturated rings. The Morgan fingerprint density at radius 3 is 1.79 bits per heavy atom. The molecule has 1 aliphatic heterocycles. The van der Waals surface area contributed by atoms with Crippen LogP contribution in [0.5, 0.6) is 0 Å². The van der Waals surface area contributed by atoms with Gasteiger partial charge in [0.15, 0.2) is 12.5 Å². The van der Waals surface area contributed by atoms with Crippen LogP contribution in [0.4, 0.5) is 0 Å². The Labute approximate surface area is 79.0 Å². The minimum Gasteiger partial charge on any atom is -0.367 e. The van der Waals surface area contributed by atoms with Crippen molar-refractivity contribution in [1.82, 2.24) is 19.6 Å². The van der Waals surface area contributed by atoms with Gasteiger partial charge in [0.2, 0.25) is 0 Å². The van der Waals surface area contributed by atoms with E-state index < -0.39 is 12.5 Å². The van der Waals surface area contributed by atoms with Crippen LogP contribution in [0.25, 0.3) is 0 Å². The summed E-state index contributed by atoms with van der Waals surface area (Å²) >= 11 is 0. The minimum atomic E-state index is -0.870. The smallest absolute Gasteiger partial charge is 0.190 e. The van der Waals surface area contributed by atoms with Crippen molar-refractivity contribution in [2.45, 2.75) is 12.5 Å². The second kappa shape index (κ2) is 2.43. The van der Waals surface area contributed by atoms with Crippen molar-refractivity contribution in [3.8, 4) is 0 Å². The average Bonchev–Trinajstić information content (AvgIpc) is 2.82. The zero-order chi connectivity index (χ0) is 9.71. The summed E-state index contributed by atoms with van der Waals surface area (Å²) in [4.78, 5) is 0. The molecule has 0 spiro atoms. The Kier molecular flexibility index (Phi) is 1.34. The molecule has 6 nitrogen and oxygen atoms in total. The Morgan fingerprint density at radius 1 is 0.929 bits per heavy atom. The summed E-state index contributed by atoms with van der Waals surface area (Å²) < 4.78 is 2.75. The molecule has 0 aliphatic carbocycles. The number of aliphatic hydroxyl groups is 2. The van der Waals surface area contributed by atoms with Gasteiger partial charge in [-0.15, -0.1) is 0 Å². The Morgan fingerprint density at radius 2 is 1.36 bits per heavy atom. The number of fused-ring (bicyclic) bond motifs is 2. The quantitative estimate of drug-likeness (QED) is 0.588. The summed E-state index contributed by atoms with van der Waals surface area (Å²) in [5.74, 6) is 0. The second-order valence-corrected chi connectivity index (χ2v) is 3.15. The molecule has 14 heavy (non-hydrogen) atoms. The molecule has 0 unspecified atom stereocenters. The van der Waals surface area contributed by atoms with E-state index in [0.29, 0.717) is 11.4 Å². The van der Waals surface area contributed by atoms with Gasteiger partial charge in [0.05, 0.1) is 11.4 Å². The first-order valence-corrected chi connectivity index (χ1v) is 4.22. The standard InChI is InChI=1S/C8H8N4O2/c13-7-5-1-3-9-11(5)8(14)6-2-4-10-12(6)7/h1-4,7-8,13-14H/t7-,8-/m0/s1. The highest BCUT2D eigenvalue weighted by molar-refractivity contribution is 5.17. The second-order valence-electron chi connectivity index (χ2n) is 3.15. The molecule has 3 heterocycles. The van der Waals surface area contributed by atoms with E-state index in [1.165, 1.54) is 21.8 Å². The predicted octanol–water partition coefficient (Wildman–Crippen LogP) is -0.529. The van der Waals surface area contributed by atoms with E-state index >= 15 is 0 Å². The van der Waals surface area contributed by atoms with Gasteiger partial charge in [-0.2, -0.15) is 10.2 Å². The van der Waals surface area contributed by atoms with Gasteiger partial charge in [0.25, 0.3) is 0 Å². The highest BCUT2D eigenvalue weighted by Gasteiger charge is 2.30.